The molecular weight excluding hydrogens is 289 g/mol. The molecule has 3 nitrogen and oxygen atoms in total. The molecule has 0 aliphatic carbocycles. The van der Waals surface area contributed by atoms with E-state index in [4.69, 9.17) is 15.2 Å². The highest BCUT2D eigenvalue weighted by Crippen LogP contribution is 2.35. The van der Waals surface area contributed by atoms with Crippen LogP contribution >= 0.6 is 15.9 Å². The van der Waals surface area contributed by atoms with Gasteiger partial charge in [0.1, 0.15) is 5.82 Å². The molecule has 0 aromatic heterocycles. The van der Waals surface area contributed by atoms with Gasteiger partial charge in [-0.1, -0.05) is 22.9 Å². The van der Waals surface area contributed by atoms with Crippen molar-refractivity contribution in [2.24, 2.45) is 11.7 Å². The first-order valence-electron chi connectivity index (χ1n) is 5.51. The lowest BCUT2D eigenvalue weighted by atomic mass is 10.0. The van der Waals surface area contributed by atoms with Crippen LogP contribution in [0.1, 0.15) is 12.5 Å². The Labute approximate surface area is 108 Å². The second-order valence-corrected chi connectivity index (χ2v) is 5.16. The summed E-state index contributed by atoms with van der Waals surface area (Å²) in [7, 11) is 0. The molecule has 0 radical (unpaired) electrons. The Morgan fingerprint density at radius 2 is 2.12 bits per heavy atom. The van der Waals surface area contributed by atoms with Crippen molar-refractivity contribution in [1.29, 1.82) is 0 Å². The van der Waals surface area contributed by atoms with Crippen LogP contribution in [0.15, 0.2) is 22.7 Å². The van der Waals surface area contributed by atoms with Crippen molar-refractivity contribution in [1.82, 2.24) is 0 Å². The first-order chi connectivity index (χ1) is 8.07. The second kappa shape index (κ2) is 5.02. The predicted octanol–water partition coefficient (Wildman–Crippen LogP) is 2.38. The predicted molar refractivity (Wildman–Crippen MR) is 65.9 cm³/mol. The molecule has 1 aromatic rings. The van der Waals surface area contributed by atoms with Gasteiger partial charge in [-0.05, 0) is 18.2 Å². The summed E-state index contributed by atoms with van der Waals surface area (Å²) in [5.74, 6) is -0.926. The molecule has 0 unspecified atom stereocenters. The third-order valence-electron chi connectivity index (χ3n) is 2.81. The molecule has 2 N–H and O–H groups in total. The number of hydrogen-bond acceptors (Lipinski definition) is 3. The normalized spacial score (nSPS) is 29.3. The second-order valence-electron chi connectivity index (χ2n) is 4.31. The fraction of sp³-hybridized carbons (Fsp3) is 0.500. The summed E-state index contributed by atoms with van der Waals surface area (Å²) in [4.78, 5) is 0. The van der Waals surface area contributed by atoms with Crippen LogP contribution in [0.25, 0.3) is 0 Å². The van der Waals surface area contributed by atoms with E-state index >= 15 is 0 Å². The van der Waals surface area contributed by atoms with Gasteiger partial charge in [0.2, 0.25) is 5.79 Å². The van der Waals surface area contributed by atoms with Crippen molar-refractivity contribution in [3.8, 4) is 0 Å². The lowest BCUT2D eigenvalue weighted by Gasteiger charge is -2.39. The maximum absolute atomic E-state index is 13.1. The number of rotatable bonds is 2. The first kappa shape index (κ1) is 13.0. The summed E-state index contributed by atoms with van der Waals surface area (Å²) in [6, 6.07) is 4.40. The maximum atomic E-state index is 13.1. The molecule has 1 aliphatic rings. The van der Waals surface area contributed by atoms with Gasteiger partial charge in [-0.2, -0.15) is 0 Å². The van der Waals surface area contributed by atoms with E-state index in [2.05, 4.69) is 15.9 Å². The summed E-state index contributed by atoms with van der Waals surface area (Å²) in [6.45, 7) is 3.41. The summed E-state index contributed by atoms with van der Waals surface area (Å²) in [5.41, 5.74) is 6.49. The van der Waals surface area contributed by atoms with Crippen LogP contribution in [-0.4, -0.2) is 19.8 Å². The van der Waals surface area contributed by atoms with Gasteiger partial charge >= 0.3 is 0 Å². The Morgan fingerprint density at radius 3 is 2.65 bits per heavy atom. The third kappa shape index (κ3) is 2.52. The van der Waals surface area contributed by atoms with Gasteiger partial charge in [0.25, 0.3) is 0 Å². The zero-order valence-corrected chi connectivity index (χ0v) is 11.2. The molecule has 2 rings (SSSR count). The minimum absolute atomic E-state index is 0.198. The lowest BCUT2D eigenvalue weighted by Crippen LogP contribution is -2.46. The molecule has 1 aliphatic heterocycles. The van der Waals surface area contributed by atoms with Crippen LogP contribution in [0.3, 0.4) is 0 Å². The Morgan fingerprint density at radius 1 is 1.47 bits per heavy atom. The van der Waals surface area contributed by atoms with E-state index in [-0.39, 0.29) is 12.4 Å². The van der Waals surface area contributed by atoms with Crippen molar-refractivity contribution in [2.75, 3.05) is 19.8 Å². The SMILES string of the molecule is CC1COC(CN)(c2ccc(F)cc2Br)OC1. The fourth-order valence-electron chi connectivity index (χ4n) is 1.83. The molecule has 94 valence electrons. The molecule has 0 saturated carbocycles. The van der Waals surface area contributed by atoms with Gasteiger partial charge in [-0.15, -0.1) is 0 Å². The average molecular weight is 304 g/mol. The zero-order chi connectivity index (χ0) is 12.5. The Hall–Kier alpha value is -0.490. The fourth-order valence-corrected chi connectivity index (χ4v) is 2.48. The van der Waals surface area contributed by atoms with Gasteiger partial charge in [-0.25, -0.2) is 4.39 Å². The van der Waals surface area contributed by atoms with E-state index in [0.717, 1.165) is 5.56 Å². The van der Waals surface area contributed by atoms with E-state index in [0.29, 0.717) is 23.6 Å². The maximum Gasteiger partial charge on any atom is 0.208 e. The molecule has 0 spiro atoms. The number of benzene rings is 1. The Kier molecular flexibility index (Phi) is 3.82. The van der Waals surface area contributed by atoms with Crippen molar-refractivity contribution in [2.45, 2.75) is 12.7 Å². The summed E-state index contributed by atoms with van der Waals surface area (Å²) < 4.78 is 25.1. The Balaban J connectivity index is 2.34. The number of halogens is 2. The molecule has 5 heteroatoms. The van der Waals surface area contributed by atoms with Gasteiger partial charge in [0.15, 0.2) is 0 Å². The van der Waals surface area contributed by atoms with E-state index in [1.807, 2.05) is 6.92 Å². The molecule has 0 atom stereocenters. The smallest absolute Gasteiger partial charge is 0.208 e. The van der Waals surface area contributed by atoms with E-state index in [1.54, 1.807) is 6.07 Å². The van der Waals surface area contributed by atoms with Gasteiger partial charge in [-0.3, -0.25) is 0 Å². The molecular formula is C12H15BrFNO2. The van der Waals surface area contributed by atoms with E-state index in [9.17, 15) is 4.39 Å². The molecule has 1 heterocycles. The van der Waals surface area contributed by atoms with Gasteiger partial charge < -0.3 is 15.2 Å². The zero-order valence-electron chi connectivity index (χ0n) is 9.58. The molecule has 17 heavy (non-hydrogen) atoms. The molecule has 1 saturated heterocycles. The highest BCUT2D eigenvalue weighted by Gasteiger charge is 2.38. The molecule has 1 aromatic carbocycles. The number of hydrogen-bond donors (Lipinski definition) is 1. The minimum Gasteiger partial charge on any atom is -0.344 e. The number of ether oxygens (including phenoxy) is 2. The monoisotopic (exact) mass is 303 g/mol. The van der Waals surface area contributed by atoms with E-state index in [1.165, 1.54) is 12.1 Å². The molecule has 0 bridgehead atoms. The van der Waals surface area contributed by atoms with Crippen LogP contribution in [0.4, 0.5) is 4.39 Å². The van der Waals surface area contributed by atoms with Crippen LogP contribution in [0, 0.1) is 11.7 Å². The Bertz CT molecular complexity index is 405. The van der Waals surface area contributed by atoms with Crippen LogP contribution in [0.2, 0.25) is 0 Å². The first-order valence-corrected chi connectivity index (χ1v) is 6.30. The summed E-state index contributed by atoms with van der Waals surface area (Å²) in [6.07, 6.45) is 0. The topological polar surface area (TPSA) is 44.5 Å². The van der Waals surface area contributed by atoms with Crippen molar-refractivity contribution >= 4 is 15.9 Å². The van der Waals surface area contributed by atoms with Gasteiger partial charge in [0, 0.05) is 16.0 Å². The van der Waals surface area contributed by atoms with Crippen LogP contribution in [0.5, 0.6) is 0 Å². The van der Waals surface area contributed by atoms with Crippen molar-refractivity contribution in [3.63, 3.8) is 0 Å². The van der Waals surface area contributed by atoms with Crippen molar-refractivity contribution in [3.05, 3.63) is 34.1 Å². The summed E-state index contributed by atoms with van der Waals surface area (Å²) in [5, 5.41) is 0. The lowest BCUT2D eigenvalue weighted by molar-refractivity contribution is -0.284. The highest BCUT2D eigenvalue weighted by molar-refractivity contribution is 9.10. The summed E-state index contributed by atoms with van der Waals surface area (Å²) >= 11 is 3.32. The van der Waals surface area contributed by atoms with Crippen LogP contribution in [-0.2, 0) is 15.3 Å². The minimum atomic E-state index is -0.959. The average Bonchev–Trinajstić information content (AvgIpc) is 2.31. The van der Waals surface area contributed by atoms with E-state index < -0.39 is 5.79 Å². The molecule has 1 fully saturated rings. The number of nitrogens with two attached hydrogens (primary N) is 1. The standard InChI is InChI=1S/C12H15BrFNO2/c1-8-5-16-12(7-15,17-6-8)10-3-2-9(14)4-11(10)13/h2-4,8H,5-7,15H2,1H3. The highest BCUT2D eigenvalue weighted by atomic mass is 79.9. The molecule has 0 amide bonds. The van der Waals surface area contributed by atoms with Crippen molar-refractivity contribution < 1.29 is 13.9 Å². The quantitative estimate of drug-likeness (QED) is 0.912. The largest absolute Gasteiger partial charge is 0.344 e. The van der Waals surface area contributed by atoms with Gasteiger partial charge in [0.05, 0.1) is 19.8 Å². The van der Waals surface area contributed by atoms with Crippen LogP contribution < -0.4 is 5.73 Å². The third-order valence-corrected chi connectivity index (χ3v) is 3.47.